The topological polar surface area (TPSA) is 186 Å². The Kier molecular flexibility index (Phi) is 20.6. The number of hydrogen-bond donors (Lipinski definition) is 2. The molecule has 0 spiro atoms. The SMILES string of the molecule is CCCCOc1cc2c(cc1OCCCC)-c1nc-2nc2[nH]c(nc3nc(nc4[nH]c(n1)c1cc(OCCCC)c(OCCCC)cc41)-c1cc(OC(C)CN(C)C)c(OCCCC)cc1-3)c1cc(OCCCC)c(OCCCC)cc21. The second-order valence-electron chi connectivity index (χ2n) is 21.6. The molecule has 1 atom stereocenters. The van der Waals surface area contributed by atoms with Crippen LogP contribution in [0.15, 0.2) is 48.5 Å². The molecule has 17 heteroatoms. The minimum atomic E-state index is -0.170. The van der Waals surface area contributed by atoms with Crippen LogP contribution in [0.3, 0.4) is 0 Å². The highest BCUT2D eigenvalue weighted by Crippen LogP contribution is 2.46. The molecule has 9 rings (SSSR count). The summed E-state index contributed by atoms with van der Waals surface area (Å²) in [5.74, 6) is 6.57. The van der Waals surface area contributed by atoms with E-state index in [-0.39, 0.29) is 6.10 Å². The number of H-pyrrole nitrogens is 2. The number of aromatic amines is 2. The highest BCUT2D eigenvalue weighted by Gasteiger charge is 2.28. The molecular formula is C65H85N9O8. The van der Waals surface area contributed by atoms with E-state index in [0.29, 0.717) is 145 Å². The lowest BCUT2D eigenvalue weighted by molar-refractivity contribution is 0.167. The number of nitrogens with zero attached hydrogens (tertiary/aromatic N) is 7. The van der Waals surface area contributed by atoms with Crippen molar-refractivity contribution in [3.8, 4) is 91.5 Å². The van der Waals surface area contributed by atoms with Gasteiger partial charge < -0.3 is 52.8 Å². The molecule has 0 amide bonds. The van der Waals surface area contributed by atoms with E-state index in [1.165, 1.54) is 0 Å². The Balaban J connectivity index is 1.42. The van der Waals surface area contributed by atoms with Gasteiger partial charge in [-0.05, 0) is 114 Å². The molecule has 2 N–H and O–H groups in total. The number of unbranched alkanes of at least 4 members (excludes halogenated alkanes) is 7. The maximum atomic E-state index is 6.76. The Morgan fingerprint density at radius 1 is 0.341 bits per heavy atom. The van der Waals surface area contributed by atoms with Gasteiger partial charge in [0.15, 0.2) is 69.3 Å². The molecule has 7 aromatic rings. The third kappa shape index (κ3) is 13.9. The molecule has 438 valence electrons. The Bertz CT molecular complexity index is 3450. The summed E-state index contributed by atoms with van der Waals surface area (Å²) in [6.07, 6.45) is 12.8. The van der Waals surface area contributed by atoms with E-state index < -0.39 is 0 Å². The van der Waals surface area contributed by atoms with Gasteiger partial charge in [-0.2, -0.15) is 0 Å². The molecule has 2 aliphatic rings. The lowest BCUT2D eigenvalue weighted by Gasteiger charge is -2.21. The number of fused-ring (bicyclic) bond motifs is 20. The van der Waals surface area contributed by atoms with Crippen LogP contribution < -0.4 is 37.9 Å². The molecule has 0 radical (unpaired) electrons. The van der Waals surface area contributed by atoms with Gasteiger partial charge in [-0.25, -0.2) is 29.9 Å². The van der Waals surface area contributed by atoms with E-state index in [0.717, 1.165) is 134 Å². The van der Waals surface area contributed by atoms with Crippen molar-refractivity contribution in [3.63, 3.8) is 0 Å². The summed E-state index contributed by atoms with van der Waals surface area (Å²) < 4.78 is 52.6. The first-order valence-electron chi connectivity index (χ1n) is 30.3. The third-order valence-corrected chi connectivity index (χ3v) is 14.3. The maximum Gasteiger partial charge on any atom is 0.164 e. The van der Waals surface area contributed by atoms with Crippen LogP contribution in [0.1, 0.15) is 145 Å². The number of hydrogen-bond acceptors (Lipinski definition) is 15. The molecule has 4 aromatic carbocycles. The maximum absolute atomic E-state index is 6.76. The lowest BCUT2D eigenvalue weighted by atomic mass is 10.1. The quantitative estimate of drug-likeness (QED) is 0.0379. The van der Waals surface area contributed by atoms with Gasteiger partial charge in [0, 0.05) is 50.3 Å². The molecule has 0 saturated carbocycles. The van der Waals surface area contributed by atoms with Gasteiger partial charge in [-0.15, -0.1) is 0 Å². The first kappa shape index (κ1) is 59.2. The van der Waals surface area contributed by atoms with E-state index in [1.807, 2.05) is 62.6 Å². The molecule has 0 aliphatic carbocycles. The molecule has 82 heavy (non-hydrogen) atoms. The van der Waals surface area contributed by atoms with E-state index >= 15 is 0 Å². The van der Waals surface area contributed by atoms with Crippen molar-refractivity contribution in [2.45, 2.75) is 151 Å². The van der Waals surface area contributed by atoms with Crippen LogP contribution in [0.5, 0.6) is 46.0 Å². The first-order valence-corrected chi connectivity index (χ1v) is 30.3. The van der Waals surface area contributed by atoms with Crippen molar-refractivity contribution in [1.82, 2.24) is 44.8 Å². The Morgan fingerprint density at radius 3 is 0.817 bits per heavy atom. The molecular weight excluding hydrogens is 1030 g/mol. The fraction of sp³-hybridized carbons (Fsp3) is 0.508. The molecule has 5 heterocycles. The second kappa shape index (κ2) is 28.5. The van der Waals surface area contributed by atoms with Crippen molar-refractivity contribution < 1.29 is 37.9 Å². The van der Waals surface area contributed by atoms with Crippen molar-refractivity contribution in [2.75, 3.05) is 66.9 Å². The van der Waals surface area contributed by atoms with Gasteiger partial charge in [0.1, 0.15) is 28.7 Å². The summed E-state index contributed by atoms with van der Waals surface area (Å²) >= 11 is 0. The largest absolute Gasteiger partial charge is 0.490 e. The van der Waals surface area contributed by atoms with Crippen LogP contribution in [0.4, 0.5) is 0 Å². The number of benzene rings is 4. The summed E-state index contributed by atoms with van der Waals surface area (Å²) in [5, 5.41) is 3.03. The van der Waals surface area contributed by atoms with Crippen LogP contribution in [0.2, 0.25) is 0 Å². The van der Waals surface area contributed by atoms with Crippen LogP contribution in [0.25, 0.3) is 89.7 Å². The Morgan fingerprint density at radius 2 is 0.573 bits per heavy atom. The summed E-state index contributed by atoms with van der Waals surface area (Å²) in [5.41, 5.74) is 4.93. The average Bonchev–Trinajstić information content (AvgIpc) is 3.36. The monoisotopic (exact) mass is 1120 g/mol. The van der Waals surface area contributed by atoms with Gasteiger partial charge in [0.05, 0.1) is 46.2 Å². The van der Waals surface area contributed by atoms with E-state index in [2.05, 4.69) is 70.3 Å². The number of rotatable bonds is 32. The van der Waals surface area contributed by atoms with Crippen molar-refractivity contribution in [2.24, 2.45) is 0 Å². The van der Waals surface area contributed by atoms with Gasteiger partial charge in [0.25, 0.3) is 0 Å². The normalized spacial score (nSPS) is 12.2. The summed E-state index contributed by atoms with van der Waals surface area (Å²) in [4.78, 5) is 41.9. The molecule has 1 unspecified atom stereocenters. The number of ether oxygens (including phenoxy) is 8. The molecule has 17 nitrogen and oxygen atoms in total. The Hall–Kier alpha value is -7.40. The predicted molar refractivity (Wildman–Crippen MR) is 328 cm³/mol. The molecule has 8 bridgehead atoms. The predicted octanol–water partition coefficient (Wildman–Crippen LogP) is 15.5. The zero-order chi connectivity index (χ0) is 57.5. The molecule has 0 saturated heterocycles. The average molecular weight is 1120 g/mol. The van der Waals surface area contributed by atoms with Crippen LogP contribution in [-0.4, -0.2) is 118 Å². The lowest BCUT2D eigenvalue weighted by Crippen LogP contribution is -2.28. The van der Waals surface area contributed by atoms with Crippen LogP contribution in [-0.2, 0) is 0 Å². The van der Waals surface area contributed by atoms with Gasteiger partial charge in [0.2, 0.25) is 0 Å². The van der Waals surface area contributed by atoms with E-state index in [4.69, 9.17) is 67.8 Å². The Labute approximate surface area is 483 Å². The highest BCUT2D eigenvalue weighted by molar-refractivity contribution is 6.08. The van der Waals surface area contributed by atoms with Gasteiger partial charge >= 0.3 is 0 Å². The second-order valence-corrected chi connectivity index (χ2v) is 21.6. The van der Waals surface area contributed by atoms with E-state index in [9.17, 15) is 0 Å². The fourth-order valence-electron chi connectivity index (χ4n) is 9.75. The van der Waals surface area contributed by atoms with Crippen LogP contribution in [0, 0.1) is 0 Å². The summed E-state index contributed by atoms with van der Waals surface area (Å²) in [6.45, 7) is 21.5. The van der Waals surface area contributed by atoms with Gasteiger partial charge in [-0.1, -0.05) is 93.4 Å². The molecule has 3 aromatic heterocycles. The first-order chi connectivity index (χ1) is 40.1. The van der Waals surface area contributed by atoms with E-state index in [1.54, 1.807) is 0 Å². The fourth-order valence-corrected chi connectivity index (χ4v) is 9.75. The molecule has 0 fully saturated rings. The smallest absolute Gasteiger partial charge is 0.164 e. The number of nitrogens with one attached hydrogen (secondary N) is 2. The molecule has 2 aliphatic heterocycles. The van der Waals surface area contributed by atoms with Crippen molar-refractivity contribution in [1.29, 1.82) is 0 Å². The number of aromatic nitrogens is 8. The standard InChI is InChI=1S/C65H85N9O8/c1-11-18-25-75-50-32-42-43(33-51(50)76-26-19-12-2)59-66-58(42)67-60-44-34-52(77-27-20-13-3)53(78-28-21-14-4)35-45(44)62(69-60)71-64-48-38-56(81-31-24-17-7)57(82-41(8)40-74(9)10)39-49(48)65(73-64)72-63-47-37-55(80-30-23-16-6)54(79-29-22-15-5)36-46(47)61(68-59)70-63/h32-39,41H,11-31,40H2,1-10H3,(H2,66,67,68,69,70,71,72,73). The zero-order valence-corrected chi connectivity index (χ0v) is 50.1. The summed E-state index contributed by atoms with van der Waals surface area (Å²) in [6, 6.07) is 16.0. The number of likely N-dealkylation sites (N-methyl/N-ethyl adjacent to an activating group) is 1. The minimum absolute atomic E-state index is 0.170. The minimum Gasteiger partial charge on any atom is -0.490 e. The van der Waals surface area contributed by atoms with Crippen molar-refractivity contribution >= 4 is 44.1 Å². The third-order valence-electron chi connectivity index (χ3n) is 14.3. The van der Waals surface area contributed by atoms with Crippen LogP contribution >= 0.6 is 0 Å². The zero-order valence-electron chi connectivity index (χ0n) is 50.1. The summed E-state index contributed by atoms with van der Waals surface area (Å²) in [7, 11) is 4.07. The highest BCUT2D eigenvalue weighted by atomic mass is 16.5. The van der Waals surface area contributed by atoms with Crippen molar-refractivity contribution in [3.05, 3.63) is 48.5 Å². The van der Waals surface area contributed by atoms with Gasteiger partial charge in [-0.3, -0.25) is 0 Å².